The maximum Gasteiger partial charge on any atom is 0.264 e. The van der Waals surface area contributed by atoms with E-state index in [2.05, 4.69) is 43.3 Å². The van der Waals surface area contributed by atoms with Gasteiger partial charge in [0.25, 0.3) is 15.9 Å². The Hall–Kier alpha value is -3.90. The van der Waals surface area contributed by atoms with Crippen LogP contribution < -0.4 is 9.46 Å². The van der Waals surface area contributed by atoms with E-state index >= 15 is 4.79 Å². The molecule has 4 aliphatic heterocycles. The van der Waals surface area contributed by atoms with Crippen molar-refractivity contribution in [2.24, 2.45) is 10.4 Å². The Bertz CT molecular complexity index is 2040. The fourth-order valence-electron chi connectivity index (χ4n) is 10.1. The molecule has 12 heteroatoms. The van der Waals surface area contributed by atoms with Crippen LogP contribution in [0, 0.1) is 5.41 Å². The molecule has 11 nitrogen and oxygen atoms in total. The molecule has 264 valence electrons. The molecule has 6 aliphatic rings. The van der Waals surface area contributed by atoms with Gasteiger partial charge in [0.15, 0.2) is 5.37 Å². The smallest absolute Gasteiger partial charge is 0.264 e. The van der Waals surface area contributed by atoms with E-state index in [0.29, 0.717) is 12.5 Å². The number of piperazine rings is 1. The third-order valence-electron chi connectivity index (χ3n) is 12.6. The molecule has 5 heterocycles. The highest BCUT2D eigenvalue weighted by Gasteiger charge is 2.65. The maximum atomic E-state index is 15.1. The van der Waals surface area contributed by atoms with E-state index < -0.39 is 26.7 Å². The number of likely N-dealkylation sites (tertiary alicyclic amines) is 1. The molecule has 0 radical (unpaired) electrons. The van der Waals surface area contributed by atoms with Crippen LogP contribution in [0.1, 0.15) is 84.7 Å². The largest absolute Gasteiger partial charge is 0.497 e. The zero-order chi connectivity index (χ0) is 34.5. The minimum absolute atomic E-state index is 0.0648. The molecule has 1 N–H and O–H groups in total. The number of sulfonamides is 1. The lowest BCUT2D eigenvalue weighted by atomic mass is 9.81. The molecule has 0 spiro atoms. The highest BCUT2D eigenvalue weighted by atomic mass is 32.2. The molecule has 2 aliphatic carbocycles. The first-order valence-electron chi connectivity index (χ1n) is 18.2. The Balaban J connectivity index is 1.20. The maximum absolute atomic E-state index is 15.1. The van der Waals surface area contributed by atoms with Gasteiger partial charge < -0.3 is 24.0 Å². The molecular weight excluding hydrogens is 653 g/mol. The van der Waals surface area contributed by atoms with Gasteiger partial charge in [0.05, 0.1) is 31.1 Å². The number of methoxy groups -OCH3 is 1. The van der Waals surface area contributed by atoms with Crippen molar-refractivity contribution in [2.45, 2.75) is 87.2 Å². The molecule has 3 aromatic rings. The summed E-state index contributed by atoms with van der Waals surface area (Å²) in [7, 11) is 1.57. The van der Waals surface area contributed by atoms with Crippen LogP contribution in [-0.2, 0) is 21.4 Å². The van der Waals surface area contributed by atoms with Gasteiger partial charge in [-0.25, -0.2) is 13.1 Å². The van der Waals surface area contributed by atoms with Crippen LogP contribution in [0.2, 0.25) is 0 Å². The minimum Gasteiger partial charge on any atom is -0.497 e. The van der Waals surface area contributed by atoms with Crippen molar-refractivity contribution in [3.05, 3.63) is 53.1 Å². The standard InChI is InChI=1S/C38H46N6O5S/c1-41-18-25-10-11-26(19-41)44(25)37(46)38-17-31(38)30-16-27(49-3)12-14-28(30)35-34(23-7-5-4-6-8-23)29-13-9-24(15-32(29)43(35)21-38)36(45)40-50(47,48)33-20-42(2)22-39-33/h9,12-16,22-23,25-26,31,33H,4-8,10-11,17-21H2,1-3H3,(H,40,45). The van der Waals surface area contributed by atoms with Crippen molar-refractivity contribution < 1.29 is 22.7 Å². The lowest BCUT2D eigenvalue weighted by Gasteiger charge is -2.41. The number of likely N-dealkylation sites (N-methyl/N-ethyl adjacent to an activating group) is 2. The van der Waals surface area contributed by atoms with E-state index in [-0.39, 0.29) is 36.0 Å². The second-order valence-corrected chi connectivity index (χ2v) is 17.6. The number of ether oxygens (including phenoxy) is 1. The van der Waals surface area contributed by atoms with Gasteiger partial charge in [0.1, 0.15) is 5.75 Å². The number of aromatic nitrogens is 1. The monoisotopic (exact) mass is 698 g/mol. The molecule has 4 fully saturated rings. The van der Waals surface area contributed by atoms with Crippen LogP contribution in [-0.4, -0.2) is 104 Å². The molecule has 5 atom stereocenters. The van der Waals surface area contributed by atoms with Crippen molar-refractivity contribution in [3.8, 4) is 17.0 Å². The average molecular weight is 699 g/mol. The van der Waals surface area contributed by atoms with Crippen LogP contribution in [0.3, 0.4) is 0 Å². The topological polar surface area (TPSA) is 117 Å². The summed E-state index contributed by atoms with van der Waals surface area (Å²) < 4.78 is 36.7. The predicted molar refractivity (Wildman–Crippen MR) is 192 cm³/mol. The molecule has 2 saturated carbocycles. The number of hydrogen-bond donors (Lipinski definition) is 1. The van der Waals surface area contributed by atoms with E-state index in [9.17, 15) is 13.2 Å². The zero-order valence-electron chi connectivity index (χ0n) is 29.1. The fraction of sp³-hybridized carbons (Fsp3) is 0.553. The zero-order valence-corrected chi connectivity index (χ0v) is 29.9. The van der Waals surface area contributed by atoms with Crippen LogP contribution >= 0.6 is 0 Å². The molecule has 9 rings (SSSR count). The van der Waals surface area contributed by atoms with Crippen LogP contribution in [0.4, 0.5) is 0 Å². The van der Waals surface area contributed by atoms with Crippen LogP contribution in [0.5, 0.6) is 5.75 Å². The Labute approximate surface area is 293 Å². The summed E-state index contributed by atoms with van der Waals surface area (Å²) >= 11 is 0. The first-order valence-corrected chi connectivity index (χ1v) is 19.8. The third-order valence-corrected chi connectivity index (χ3v) is 14.0. The Morgan fingerprint density at radius 1 is 0.960 bits per heavy atom. The molecule has 2 amide bonds. The normalized spacial score (nSPS) is 29.0. The van der Waals surface area contributed by atoms with Crippen LogP contribution in [0.15, 0.2) is 41.4 Å². The van der Waals surface area contributed by atoms with E-state index in [1.807, 2.05) is 18.2 Å². The van der Waals surface area contributed by atoms with E-state index in [1.54, 1.807) is 25.1 Å². The quantitative estimate of drug-likeness (QED) is 0.403. The van der Waals surface area contributed by atoms with Gasteiger partial charge in [-0.05, 0) is 86.5 Å². The Kier molecular flexibility index (Phi) is 7.41. The average Bonchev–Trinajstić information content (AvgIpc) is 3.39. The van der Waals surface area contributed by atoms with Gasteiger partial charge in [0.2, 0.25) is 5.91 Å². The van der Waals surface area contributed by atoms with Crippen molar-refractivity contribution >= 4 is 39.1 Å². The number of carbonyl (C=O) groups excluding carboxylic acids is 2. The molecule has 1 aromatic heterocycles. The number of hydrogen-bond acceptors (Lipinski definition) is 8. The number of fused-ring (bicyclic) bond motifs is 9. The molecular formula is C38H46N6O5S. The van der Waals surface area contributed by atoms with Gasteiger partial charge in [0, 0.05) is 66.7 Å². The predicted octanol–water partition coefficient (Wildman–Crippen LogP) is 4.52. The summed E-state index contributed by atoms with van der Waals surface area (Å²) in [6.07, 6.45) is 10.1. The fourth-order valence-corrected chi connectivity index (χ4v) is 11.2. The van der Waals surface area contributed by atoms with Crippen molar-refractivity contribution in [1.29, 1.82) is 0 Å². The van der Waals surface area contributed by atoms with Gasteiger partial charge >= 0.3 is 0 Å². The van der Waals surface area contributed by atoms with Crippen molar-refractivity contribution in [3.63, 3.8) is 0 Å². The number of amides is 2. The Morgan fingerprint density at radius 3 is 2.42 bits per heavy atom. The van der Waals surface area contributed by atoms with Gasteiger partial charge in [-0.2, -0.15) is 0 Å². The summed E-state index contributed by atoms with van der Waals surface area (Å²) in [5, 5.41) is 0.0372. The van der Waals surface area contributed by atoms with Crippen molar-refractivity contribution in [1.82, 2.24) is 24.0 Å². The minimum atomic E-state index is -4.03. The van der Waals surface area contributed by atoms with Gasteiger partial charge in [-0.15, -0.1) is 0 Å². The second-order valence-electron chi connectivity index (χ2n) is 15.7. The van der Waals surface area contributed by atoms with E-state index in [0.717, 1.165) is 73.1 Å². The number of rotatable bonds is 6. The lowest BCUT2D eigenvalue weighted by molar-refractivity contribution is -0.143. The lowest BCUT2D eigenvalue weighted by Crippen LogP contribution is -2.57. The van der Waals surface area contributed by atoms with E-state index in [4.69, 9.17) is 4.74 Å². The SMILES string of the molecule is COc1ccc2c(c1)C1CC1(C(=O)N1C3CCC1CN(C)C3)Cn1c-2c(C2CCCCC2)c2ccc(C(=O)NS(=O)(=O)C3CN(C)C=N3)cc21. The first kappa shape index (κ1) is 32.0. The molecule has 2 bridgehead atoms. The number of nitrogens with one attached hydrogen (secondary N) is 1. The van der Waals surface area contributed by atoms with Crippen LogP contribution in [0.25, 0.3) is 22.2 Å². The second kappa shape index (κ2) is 11.6. The summed E-state index contributed by atoms with van der Waals surface area (Å²) in [6.45, 7) is 2.51. The molecule has 2 saturated heterocycles. The summed E-state index contributed by atoms with van der Waals surface area (Å²) in [6, 6.07) is 12.4. The number of carbonyl (C=O) groups is 2. The third kappa shape index (κ3) is 4.92. The molecule has 2 aromatic carbocycles. The number of aliphatic imine (C=N–C) groups is 1. The van der Waals surface area contributed by atoms with E-state index in [1.165, 1.54) is 36.7 Å². The van der Waals surface area contributed by atoms with Gasteiger partial charge in [-0.3, -0.25) is 14.6 Å². The first-order chi connectivity index (χ1) is 24.1. The summed E-state index contributed by atoms with van der Waals surface area (Å²) in [5.74, 6) is 0.792. The molecule has 5 unspecified atom stereocenters. The van der Waals surface area contributed by atoms with Gasteiger partial charge in [-0.1, -0.05) is 25.3 Å². The Morgan fingerprint density at radius 2 is 1.72 bits per heavy atom. The highest BCUT2D eigenvalue weighted by Crippen LogP contribution is 2.66. The summed E-state index contributed by atoms with van der Waals surface area (Å²) in [4.78, 5) is 39.1. The van der Waals surface area contributed by atoms with Crippen molar-refractivity contribution in [2.75, 3.05) is 40.8 Å². The number of nitrogens with zero attached hydrogens (tertiary/aromatic N) is 5. The molecule has 50 heavy (non-hydrogen) atoms. The summed E-state index contributed by atoms with van der Waals surface area (Å²) in [5.41, 5.74) is 5.29. The number of benzene rings is 2. The highest BCUT2D eigenvalue weighted by molar-refractivity contribution is 7.90.